The lowest BCUT2D eigenvalue weighted by atomic mass is 9.93. The number of fused-ring (bicyclic) bond motifs is 2. The van der Waals surface area contributed by atoms with Crippen molar-refractivity contribution in [3.8, 4) is 28.3 Å². The van der Waals surface area contributed by atoms with Crippen LogP contribution in [0.3, 0.4) is 0 Å². The minimum atomic E-state index is -0.416. The Morgan fingerprint density at radius 2 is 1.75 bits per heavy atom. The van der Waals surface area contributed by atoms with Gasteiger partial charge in [0.1, 0.15) is 11.2 Å². The number of pyridine rings is 2. The third kappa shape index (κ3) is 5.52. The summed E-state index contributed by atoms with van der Waals surface area (Å²) in [7, 11) is 4.79. The molecule has 2 saturated heterocycles. The highest BCUT2D eigenvalue weighted by Crippen LogP contribution is 2.46. The monoisotopic (exact) mass is 720 g/mol. The van der Waals surface area contributed by atoms with Gasteiger partial charge < -0.3 is 20.7 Å². The van der Waals surface area contributed by atoms with Gasteiger partial charge in [-0.3, -0.25) is 18.8 Å². The van der Waals surface area contributed by atoms with Gasteiger partial charge >= 0.3 is 11.7 Å². The normalized spacial score (nSPS) is 19.9. The molecule has 2 fully saturated rings. The number of carbonyl (C=O) groups is 1. The first-order chi connectivity index (χ1) is 25.0. The number of urea groups is 1. The summed E-state index contributed by atoms with van der Waals surface area (Å²) in [6, 6.07) is 15.8. The van der Waals surface area contributed by atoms with Crippen molar-refractivity contribution in [1.82, 2.24) is 34.6 Å². The highest BCUT2D eigenvalue weighted by molar-refractivity contribution is 6.36. The maximum Gasteiger partial charge on any atom is 0.330 e. The second-order valence-electron chi connectivity index (χ2n) is 14.3. The van der Waals surface area contributed by atoms with Crippen LogP contribution in [-0.4, -0.2) is 62.3 Å². The Morgan fingerprint density at radius 1 is 0.981 bits per heavy atom. The second kappa shape index (κ2) is 12.8. The van der Waals surface area contributed by atoms with Crippen LogP contribution in [-0.2, 0) is 20.5 Å². The van der Waals surface area contributed by atoms with Crippen LogP contribution in [0.15, 0.2) is 58.1 Å². The number of ether oxygens (including phenoxy) is 1. The first-order valence-electron chi connectivity index (χ1n) is 17.6. The quantitative estimate of drug-likeness (QED) is 0.209. The number of carbonyl (C=O) groups excluding carboxylic acids is 1. The van der Waals surface area contributed by atoms with Crippen LogP contribution in [0.5, 0.6) is 5.88 Å². The first kappa shape index (κ1) is 33.9. The molecule has 0 unspecified atom stereocenters. The van der Waals surface area contributed by atoms with Gasteiger partial charge in [0, 0.05) is 67.8 Å². The van der Waals surface area contributed by atoms with E-state index >= 15 is 0 Å². The average Bonchev–Trinajstić information content (AvgIpc) is 3.74. The number of hydrogen-bond donors (Lipinski definition) is 3. The fourth-order valence-electron chi connectivity index (χ4n) is 8.41. The summed E-state index contributed by atoms with van der Waals surface area (Å²) in [4.78, 5) is 50.3. The molecule has 2 aromatic carbocycles. The fourth-order valence-corrected chi connectivity index (χ4v) is 8.74. The molecule has 13 heteroatoms. The molecule has 52 heavy (non-hydrogen) atoms. The molecule has 8 rings (SSSR count). The number of nitrogens with one attached hydrogen (secondary N) is 3. The molecule has 5 aromatic rings. The number of methoxy groups -OCH3 is 1. The molecule has 3 aromatic heterocycles. The Hall–Kier alpha value is -5.20. The summed E-state index contributed by atoms with van der Waals surface area (Å²) in [6.07, 6.45) is 3.69. The zero-order chi connectivity index (χ0) is 36.5. The number of rotatable bonds is 6. The number of hydrogen-bond acceptors (Lipinski definition) is 8. The highest BCUT2D eigenvalue weighted by Gasteiger charge is 2.45. The van der Waals surface area contributed by atoms with Crippen molar-refractivity contribution in [1.29, 1.82) is 0 Å². The van der Waals surface area contributed by atoms with E-state index in [1.54, 1.807) is 20.2 Å². The average molecular weight is 721 g/mol. The van der Waals surface area contributed by atoms with Crippen molar-refractivity contribution in [2.45, 2.75) is 51.1 Å². The molecule has 5 heterocycles. The summed E-state index contributed by atoms with van der Waals surface area (Å²) in [5, 5.41) is 10.4. The van der Waals surface area contributed by atoms with Crippen LogP contribution >= 0.6 is 11.6 Å². The topological polar surface area (TPSA) is 135 Å². The summed E-state index contributed by atoms with van der Waals surface area (Å²) >= 11 is 7.27. The predicted octanol–water partition coefficient (Wildman–Crippen LogP) is 5.52. The number of nitrogens with zero attached hydrogens (tertiary/aromatic N) is 5. The zero-order valence-corrected chi connectivity index (χ0v) is 30.6. The Kier molecular flexibility index (Phi) is 8.34. The molecule has 268 valence electrons. The standard InChI is InChI=1S/C39H41ClN8O4/c1-21-18-30-32(36(49)47(4)38(51)46(30)3)34(42-21)43-27-11-7-8-24(22(27)2)25-9-6-10-26(33(25)40)28-19-23-12-13-29(31(23)35(44-28)52-5)48-17-15-39(20-48)14-16-41-37(50)45-39/h6-11,18-19,29H,12-17,20H2,1-5H3,(H,42,43)(H2,41,45,50)/t29-,39+/m0/s1. The van der Waals surface area contributed by atoms with E-state index < -0.39 is 11.2 Å². The van der Waals surface area contributed by atoms with E-state index in [4.69, 9.17) is 21.3 Å². The van der Waals surface area contributed by atoms with Gasteiger partial charge in [-0.15, -0.1) is 0 Å². The first-order valence-corrected chi connectivity index (χ1v) is 18.0. The largest absolute Gasteiger partial charge is 0.481 e. The summed E-state index contributed by atoms with van der Waals surface area (Å²) < 4.78 is 8.52. The minimum Gasteiger partial charge on any atom is -0.481 e. The van der Waals surface area contributed by atoms with Gasteiger partial charge in [-0.25, -0.2) is 19.6 Å². The van der Waals surface area contributed by atoms with Crippen molar-refractivity contribution in [3.05, 3.63) is 96.8 Å². The number of aromatic nitrogens is 4. The van der Waals surface area contributed by atoms with Crippen LogP contribution in [0.4, 0.5) is 16.3 Å². The van der Waals surface area contributed by atoms with Gasteiger partial charge in [0.25, 0.3) is 5.56 Å². The maximum absolute atomic E-state index is 13.3. The van der Waals surface area contributed by atoms with E-state index in [1.807, 2.05) is 50.2 Å². The fraction of sp³-hybridized carbons (Fsp3) is 0.359. The van der Waals surface area contributed by atoms with Crippen molar-refractivity contribution in [2.24, 2.45) is 14.1 Å². The third-order valence-electron chi connectivity index (χ3n) is 11.1. The zero-order valence-electron chi connectivity index (χ0n) is 29.9. The van der Waals surface area contributed by atoms with Gasteiger partial charge in [-0.05, 0) is 74.4 Å². The summed E-state index contributed by atoms with van der Waals surface area (Å²) in [6.45, 7) is 6.24. The lowest BCUT2D eigenvalue weighted by Gasteiger charge is -2.36. The molecular formula is C39H41ClN8O4. The summed E-state index contributed by atoms with van der Waals surface area (Å²) in [5.41, 5.74) is 7.47. The highest BCUT2D eigenvalue weighted by atomic mass is 35.5. The predicted molar refractivity (Wildman–Crippen MR) is 203 cm³/mol. The molecule has 0 bridgehead atoms. The molecule has 12 nitrogen and oxygen atoms in total. The number of aryl methyl sites for hydroxylation is 3. The van der Waals surface area contributed by atoms with Crippen LogP contribution in [0.25, 0.3) is 33.3 Å². The van der Waals surface area contributed by atoms with E-state index in [0.29, 0.717) is 39.9 Å². The Balaban J connectivity index is 1.13. The van der Waals surface area contributed by atoms with Crippen LogP contribution < -0.4 is 31.9 Å². The third-order valence-corrected chi connectivity index (χ3v) is 11.6. The van der Waals surface area contributed by atoms with E-state index in [9.17, 15) is 14.4 Å². The number of amides is 2. The van der Waals surface area contributed by atoms with Crippen molar-refractivity contribution in [2.75, 3.05) is 32.1 Å². The molecule has 2 atom stereocenters. The Labute approximate surface area is 305 Å². The van der Waals surface area contributed by atoms with Crippen molar-refractivity contribution in [3.63, 3.8) is 0 Å². The molecule has 3 aliphatic rings. The van der Waals surface area contributed by atoms with E-state index in [2.05, 4.69) is 31.9 Å². The number of likely N-dealkylation sites (tertiary alicyclic amines) is 1. The maximum atomic E-state index is 13.3. The molecule has 0 radical (unpaired) electrons. The van der Waals surface area contributed by atoms with Crippen LogP contribution in [0.1, 0.15) is 47.7 Å². The molecule has 2 aliphatic heterocycles. The SMILES string of the molecule is COc1nc(-c2cccc(-c3cccc(Nc4nc(C)cc5c4c(=O)n(C)c(=O)n5C)c3C)c2Cl)cc2c1[C@@H](N1CC[C@]3(CCNC(=O)N3)C1)CC2. The van der Waals surface area contributed by atoms with Crippen molar-refractivity contribution >= 4 is 40.0 Å². The second-order valence-corrected chi connectivity index (χ2v) is 14.6. The Bertz CT molecular complexity index is 2420. The van der Waals surface area contributed by atoms with Gasteiger partial charge in [0.2, 0.25) is 5.88 Å². The smallest absolute Gasteiger partial charge is 0.330 e. The lowest BCUT2D eigenvalue weighted by Crippen LogP contribution is -2.59. The molecule has 3 N–H and O–H groups in total. The van der Waals surface area contributed by atoms with Gasteiger partial charge in [-0.2, -0.15) is 0 Å². The van der Waals surface area contributed by atoms with Crippen molar-refractivity contribution < 1.29 is 9.53 Å². The van der Waals surface area contributed by atoms with Gasteiger partial charge in [-0.1, -0.05) is 41.9 Å². The Morgan fingerprint density at radius 3 is 2.54 bits per heavy atom. The number of halogens is 1. The van der Waals surface area contributed by atoms with Gasteiger partial charge in [0.15, 0.2) is 0 Å². The summed E-state index contributed by atoms with van der Waals surface area (Å²) in [5.74, 6) is 0.985. The van der Waals surface area contributed by atoms with E-state index in [-0.39, 0.29) is 17.6 Å². The molecule has 0 saturated carbocycles. The van der Waals surface area contributed by atoms with E-state index in [0.717, 1.165) is 82.5 Å². The number of benzene rings is 2. The minimum absolute atomic E-state index is 0.0841. The number of anilines is 2. The van der Waals surface area contributed by atoms with Crippen LogP contribution in [0, 0.1) is 13.8 Å². The van der Waals surface area contributed by atoms with E-state index in [1.165, 1.54) is 17.2 Å². The lowest BCUT2D eigenvalue weighted by molar-refractivity contribution is 0.187. The molecular weight excluding hydrogens is 680 g/mol. The van der Waals surface area contributed by atoms with Crippen LogP contribution in [0.2, 0.25) is 5.02 Å². The molecule has 2 amide bonds. The molecule has 1 spiro atoms. The molecule has 1 aliphatic carbocycles. The van der Waals surface area contributed by atoms with Gasteiger partial charge in [0.05, 0.1) is 28.9 Å².